The van der Waals surface area contributed by atoms with E-state index in [1.807, 2.05) is 0 Å². The lowest BCUT2D eigenvalue weighted by Gasteiger charge is -2.34. The maximum Gasteiger partial charge on any atom is 0.149 e. The summed E-state index contributed by atoms with van der Waals surface area (Å²) in [6.45, 7) is 0. The van der Waals surface area contributed by atoms with Crippen LogP contribution in [0.1, 0.15) is 23.1 Å². The van der Waals surface area contributed by atoms with Crippen molar-refractivity contribution in [1.29, 1.82) is 0 Å². The van der Waals surface area contributed by atoms with Crippen molar-refractivity contribution in [3.8, 4) is 0 Å². The minimum atomic E-state index is -1.70. The van der Waals surface area contributed by atoms with E-state index in [1.54, 1.807) is 72.5 Å². The van der Waals surface area contributed by atoms with E-state index in [-0.39, 0.29) is 0 Å². The van der Waals surface area contributed by atoms with Gasteiger partial charge in [0.2, 0.25) is 0 Å². The van der Waals surface area contributed by atoms with Crippen LogP contribution in [-0.4, -0.2) is 19.8 Å². The van der Waals surface area contributed by atoms with E-state index in [2.05, 4.69) is 4.98 Å². The van der Waals surface area contributed by atoms with E-state index in [1.165, 1.54) is 0 Å². The van der Waals surface area contributed by atoms with Gasteiger partial charge in [-0.05, 0) is 35.4 Å². The number of benzene rings is 2. The zero-order valence-electron chi connectivity index (χ0n) is 12.9. The van der Waals surface area contributed by atoms with Crippen LogP contribution >= 0.6 is 23.2 Å². The highest BCUT2D eigenvalue weighted by Gasteiger charge is 2.42. The molecule has 1 aromatic heterocycles. The second-order valence-electron chi connectivity index (χ2n) is 5.58. The number of aryl methyl sites for hydroxylation is 1. The molecule has 0 spiro atoms. The zero-order valence-corrected chi connectivity index (χ0v) is 14.4. The van der Waals surface area contributed by atoms with E-state index in [9.17, 15) is 10.2 Å². The number of halogens is 2. The predicted octanol–water partition coefficient (Wildman–Crippen LogP) is 3.70. The van der Waals surface area contributed by atoms with Gasteiger partial charge in [0.1, 0.15) is 17.5 Å². The second kappa shape index (κ2) is 6.57. The lowest BCUT2D eigenvalue weighted by atomic mass is 9.81. The number of aliphatic hydroxyl groups excluding tert-OH is 1. The molecule has 24 heavy (non-hydrogen) atoms. The van der Waals surface area contributed by atoms with Crippen molar-refractivity contribution in [2.75, 3.05) is 0 Å². The molecule has 0 saturated carbocycles. The largest absolute Gasteiger partial charge is 0.381 e. The minimum Gasteiger partial charge on any atom is -0.381 e. The summed E-state index contributed by atoms with van der Waals surface area (Å²) in [6.07, 6.45) is 2.01. The van der Waals surface area contributed by atoms with Crippen LogP contribution in [0, 0.1) is 0 Å². The Morgan fingerprint density at radius 2 is 1.42 bits per heavy atom. The Hall–Kier alpha value is -1.85. The molecule has 1 atom stereocenters. The van der Waals surface area contributed by atoms with Gasteiger partial charge in [0.05, 0.1) is 0 Å². The molecule has 3 aromatic rings. The van der Waals surface area contributed by atoms with Crippen LogP contribution in [0.2, 0.25) is 10.0 Å². The molecule has 3 rings (SSSR count). The maximum atomic E-state index is 11.5. The molecule has 1 unspecified atom stereocenters. The third-order valence-corrected chi connectivity index (χ3v) is 4.57. The molecular formula is C18H16Cl2N2O2. The van der Waals surface area contributed by atoms with Crippen LogP contribution in [0.5, 0.6) is 0 Å². The predicted molar refractivity (Wildman–Crippen MR) is 94.1 cm³/mol. The van der Waals surface area contributed by atoms with Crippen LogP contribution in [0.15, 0.2) is 60.9 Å². The molecule has 2 aromatic carbocycles. The standard InChI is InChI=1S/C18H16Cl2N2O2/c1-22-11-10-21-17(22)16(23)18(24,12-2-6-14(19)7-3-12)13-4-8-15(20)9-5-13/h2-11,16,23-24H,1H3. The minimum absolute atomic E-state index is 0.349. The summed E-state index contributed by atoms with van der Waals surface area (Å²) < 4.78 is 1.67. The van der Waals surface area contributed by atoms with Gasteiger partial charge in [0.25, 0.3) is 0 Å². The molecule has 124 valence electrons. The van der Waals surface area contributed by atoms with Gasteiger partial charge in [-0.3, -0.25) is 0 Å². The summed E-state index contributed by atoms with van der Waals surface area (Å²) in [7, 11) is 1.76. The Labute approximate surface area is 149 Å². The molecule has 0 aliphatic carbocycles. The van der Waals surface area contributed by atoms with Crippen molar-refractivity contribution in [2.45, 2.75) is 11.7 Å². The highest BCUT2D eigenvalue weighted by molar-refractivity contribution is 6.30. The Morgan fingerprint density at radius 3 is 1.79 bits per heavy atom. The van der Waals surface area contributed by atoms with E-state index in [4.69, 9.17) is 23.2 Å². The Bertz CT molecular complexity index is 783. The van der Waals surface area contributed by atoms with E-state index < -0.39 is 11.7 Å². The molecule has 4 nitrogen and oxygen atoms in total. The summed E-state index contributed by atoms with van der Waals surface area (Å²) in [5, 5.41) is 23.6. The Kier molecular flexibility index (Phi) is 4.65. The number of aliphatic hydroxyl groups is 2. The normalized spacial score (nSPS) is 13.0. The SMILES string of the molecule is Cn1ccnc1C(O)C(O)(c1ccc(Cl)cc1)c1ccc(Cl)cc1. The van der Waals surface area contributed by atoms with Gasteiger partial charge in [0, 0.05) is 29.5 Å². The van der Waals surface area contributed by atoms with E-state index in [0.717, 1.165) is 0 Å². The summed E-state index contributed by atoms with van der Waals surface area (Å²) in [4.78, 5) is 4.17. The van der Waals surface area contributed by atoms with Gasteiger partial charge < -0.3 is 14.8 Å². The smallest absolute Gasteiger partial charge is 0.149 e. The maximum absolute atomic E-state index is 11.5. The average molecular weight is 363 g/mol. The number of rotatable bonds is 4. The van der Waals surface area contributed by atoms with Gasteiger partial charge in [-0.15, -0.1) is 0 Å². The first kappa shape index (κ1) is 17.0. The van der Waals surface area contributed by atoms with Crippen molar-refractivity contribution in [3.63, 3.8) is 0 Å². The number of imidazole rings is 1. The van der Waals surface area contributed by atoms with Crippen molar-refractivity contribution >= 4 is 23.2 Å². The topological polar surface area (TPSA) is 58.3 Å². The van der Waals surface area contributed by atoms with Crippen molar-refractivity contribution in [3.05, 3.63) is 87.9 Å². The van der Waals surface area contributed by atoms with Crippen LogP contribution in [0.3, 0.4) is 0 Å². The number of hydrogen-bond donors (Lipinski definition) is 2. The highest BCUT2D eigenvalue weighted by atomic mass is 35.5. The highest BCUT2D eigenvalue weighted by Crippen LogP contribution is 2.41. The third kappa shape index (κ3) is 2.94. The zero-order chi connectivity index (χ0) is 17.3. The molecule has 0 fully saturated rings. The van der Waals surface area contributed by atoms with Gasteiger partial charge in [-0.25, -0.2) is 4.98 Å². The molecule has 6 heteroatoms. The Morgan fingerprint density at radius 1 is 0.958 bits per heavy atom. The number of aromatic nitrogens is 2. The van der Waals surface area contributed by atoms with Gasteiger partial charge in [0.15, 0.2) is 0 Å². The van der Waals surface area contributed by atoms with Crippen LogP contribution < -0.4 is 0 Å². The molecular weight excluding hydrogens is 347 g/mol. The van der Waals surface area contributed by atoms with E-state index in [0.29, 0.717) is 27.0 Å². The summed E-state index contributed by atoms with van der Waals surface area (Å²) >= 11 is 11.9. The van der Waals surface area contributed by atoms with Crippen molar-refractivity contribution in [1.82, 2.24) is 9.55 Å². The van der Waals surface area contributed by atoms with Crippen LogP contribution in [-0.2, 0) is 12.6 Å². The van der Waals surface area contributed by atoms with Crippen molar-refractivity contribution < 1.29 is 10.2 Å². The monoisotopic (exact) mass is 362 g/mol. The fourth-order valence-electron chi connectivity index (χ4n) is 2.72. The summed E-state index contributed by atoms with van der Waals surface area (Å²) in [6, 6.07) is 13.4. The second-order valence-corrected chi connectivity index (χ2v) is 6.45. The van der Waals surface area contributed by atoms with Crippen LogP contribution in [0.4, 0.5) is 0 Å². The number of hydrogen-bond acceptors (Lipinski definition) is 3. The average Bonchev–Trinajstić information content (AvgIpc) is 3.00. The fourth-order valence-corrected chi connectivity index (χ4v) is 2.97. The van der Waals surface area contributed by atoms with Gasteiger partial charge in [-0.1, -0.05) is 47.5 Å². The quantitative estimate of drug-likeness (QED) is 0.743. The van der Waals surface area contributed by atoms with Gasteiger partial charge >= 0.3 is 0 Å². The number of nitrogens with zero attached hydrogens (tertiary/aromatic N) is 2. The molecule has 0 saturated heterocycles. The molecule has 0 radical (unpaired) electrons. The summed E-state index contributed by atoms with van der Waals surface area (Å²) in [5.41, 5.74) is -0.691. The Balaban J connectivity index is 2.18. The van der Waals surface area contributed by atoms with Crippen molar-refractivity contribution in [2.24, 2.45) is 7.05 Å². The van der Waals surface area contributed by atoms with Gasteiger partial charge in [-0.2, -0.15) is 0 Å². The molecule has 0 amide bonds. The van der Waals surface area contributed by atoms with E-state index >= 15 is 0 Å². The van der Waals surface area contributed by atoms with Crippen LogP contribution in [0.25, 0.3) is 0 Å². The first-order valence-corrected chi connectivity index (χ1v) is 8.08. The first-order valence-electron chi connectivity index (χ1n) is 7.32. The molecule has 1 heterocycles. The lowest BCUT2D eigenvalue weighted by molar-refractivity contribution is -0.0573. The third-order valence-electron chi connectivity index (χ3n) is 4.07. The molecule has 0 aliphatic heterocycles. The lowest BCUT2D eigenvalue weighted by Crippen LogP contribution is -2.36. The first-order chi connectivity index (χ1) is 11.4. The summed E-state index contributed by atoms with van der Waals surface area (Å²) in [5.74, 6) is 0.349. The fraction of sp³-hybridized carbons (Fsp3) is 0.167. The molecule has 0 bridgehead atoms. The molecule has 2 N–H and O–H groups in total. The molecule has 0 aliphatic rings.